The van der Waals surface area contributed by atoms with Gasteiger partial charge in [0, 0.05) is 38.7 Å². The van der Waals surface area contributed by atoms with Crippen molar-refractivity contribution in [1.82, 2.24) is 19.5 Å². The standard InChI is InChI=1S/C47H27F7N4/c48-40-17-9-7-15-35(40)34-24-21-32(27-38(34)45-56-43(28-11-3-1-4-12-28)55-44(57-45)29-13-5-2-6-14-29)58-41-18-10-8-16-36(41)37-22-19-30(25-42(37)58)33-23-20-31(46(49,50)51)26-39(33)47(52,53)54/h1-27H. The first-order valence-electron chi connectivity index (χ1n) is 18.0. The lowest BCUT2D eigenvalue weighted by molar-refractivity contribution is -0.142. The van der Waals surface area contributed by atoms with E-state index in [1.807, 2.05) is 89.5 Å². The Labute approximate surface area is 326 Å². The first-order valence-corrected chi connectivity index (χ1v) is 18.0. The maximum Gasteiger partial charge on any atom is 0.417 e. The van der Waals surface area contributed by atoms with E-state index in [0.29, 0.717) is 56.5 Å². The summed E-state index contributed by atoms with van der Waals surface area (Å²) in [6.07, 6.45) is -10.0. The Balaban J connectivity index is 1.31. The molecule has 0 aliphatic carbocycles. The molecule has 0 spiro atoms. The van der Waals surface area contributed by atoms with Gasteiger partial charge in [0.15, 0.2) is 17.5 Å². The molecular weight excluding hydrogens is 754 g/mol. The Morgan fingerprint density at radius 3 is 1.64 bits per heavy atom. The molecule has 0 saturated carbocycles. The van der Waals surface area contributed by atoms with E-state index in [2.05, 4.69) is 0 Å². The van der Waals surface area contributed by atoms with Gasteiger partial charge in [0.1, 0.15) is 5.82 Å². The van der Waals surface area contributed by atoms with E-state index in [1.165, 1.54) is 12.1 Å². The zero-order chi connectivity index (χ0) is 40.2. The van der Waals surface area contributed by atoms with Crippen molar-refractivity contribution in [3.63, 3.8) is 0 Å². The molecule has 2 aromatic heterocycles. The predicted molar refractivity (Wildman–Crippen MR) is 211 cm³/mol. The van der Waals surface area contributed by atoms with Crippen LogP contribution < -0.4 is 0 Å². The van der Waals surface area contributed by atoms with Crippen LogP contribution in [0.2, 0.25) is 0 Å². The smallest absolute Gasteiger partial charge is 0.309 e. The SMILES string of the molecule is Fc1ccccc1-c1ccc(-n2c3ccccc3c3ccc(-c4ccc(C(F)(F)F)cc4C(F)(F)F)cc32)cc1-c1nc(-c2ccccc2)nc(-c2ccccc2)n1. The summed E-state index contributed by atoms with van der Waals surface area (Å²) < 4.78 is 101. The second-order valence-electron chi connectivity index (χ2n) is 13.6. The molecule has 9 aromatic rings. The van der Waals surface area contributed by atoms with Crippen molar-refractivity contribution in [3.8, 4) is 62.1 Å². The molecule has 0 fully saturated rings. The second-order valence-corrected chi connectivity index (χ2v) is 13.6. The lowest BCUT2D eigenvalue weighted by atomic mass is 9.96. The minimum atomic E-state index is -5.07. The Morgan fingerprint density at radius 2 is 0.983 bits per heavy atom. The summed E-state index contributed by atoms with van der Waals surface area (Å²) in [4.78, 5) is 14.7. The highest BCUT2D eigenvalue weighted by atomic mass is 19.4. The molecule has 9 rings (SSSR count). The number of benzene rings is 7. The van der Waals surface area contributed by atoms with Crippen molar-refractivity contribution in [3.05, 3.63) is 181 Å². The highest BCUT2D eigenvalue weighted by Gasteiger charge is 2.38. The van der Waals surface area contributed by atoms with Crippen molar-refractivity contribution < 1.29 is 30.7 Å². The fraction of sp³-hybridized carbons (Fsp3) is 0.0426. The maximum atomic E-state index is 15.7. The van der Waals surface area contributed by atoms with Gasteiger partial charge in [-0.05, 0) is 59.2 Å². The van der Waals surface area contributed by atoms with Gasteiger partial charge >= 0.3 is 12.4 Å². The molecule has 4 nitrogen and oxygen atoms in total. The van der Waals surface area contributed by atoms with Crippen LogP contribution in [0.1, 0.15) is 11.1 Å². The van der Waals surface area contributed by atoms with Crippen molar-refractivity contribution >= 4 is 21.8 Å². The fourth-order valence-electron chi connectivity index (χ4n) is 7.32. The van der Waals surface area contributed by atoms with Gasteiger partial charge < -0.3 is 4.57 Å². The van der Waals surface area contributed by atoms with Crippen LogP contribution in [0.15, 0.2) is 164 Å². The van der Waals surface area contributed by atoms with Gasteiger partial charge in [-0.15, -0.1) is 0 Å². The summed E-state index contributed by atoms with van der Waals surface area (Å²) in [5.41, 5.74) is 1.27. The molecule has 2 heterocycles. The zero-order valence-corrected chi connectivity index (χ0v) is 30.0. The number of fused-ring (bicyclic) bond motifs is 3. The average Bonchev–Trinajstić information content (AvgIpc) is 3.57. The van der Waals surface area contributed by atoms with Crippen LogP contribution in [0.3, 0.4) is 0 Å². The summed E-state index contributed by atoms with van der Waals surface area (Å²) in [5, 5.41) is 1.47. The molecule has 0 N–H and O–H groups in total. The van der Waals surface area contributed by atoms with Crippen LogP contribution >= 0.6 is 0 Å². The number of rotatable bonds is 6. The molecule has 58 heavy (non-hydrogen) atoms. The number of nitrogens with zero attached hydrogens (tertiary/aromatic N) is 4. The number of hydrogen-bond acceptors (Lipinski definition) is 3. The van der Waals surface area contributed by atoms with Crippen molar-refractivity contribution in [2.75, 3.05) is 0 Å². The highest BCUT2D eigenvalue weighted by molar-refractivity contribution is 6.10. The van der Waals surface area contributed by atoms with Gasteiger partial charge in [-0.25, -0.2) is 19.3 Å². The third-order valence-electron chi connectivity index (χ3n) is 10.0. The number of halogens is 7. The van der Waals surface area contributed by atoms with Crippen LogP contribution in [0.4, 0.5) is 30.7 Å². The van der Waals surface area contributed by atoms with Crippen LogP contribution in [0.5, 0.6) is 0 Å². The van der Waals surface area contributed by atoms with Gasteiger partial charge in [0.25, 0.3) is 0 Å². The van der Waals surface area contributed by atoms with Gasteiger partial charge in [-0.3, -0.25) is 0 Å². The first-order chi connectivity index (χ1) is 27.9. The highest BCUT2D eigenvalue weighted by Crippen LogP contribution is 2.43. The molecule has 0 bridgehead atoms. The molecule has 0 aliphatic heterocycles. The molecule has 7 aromatic carbocycles. The number of hydrogen-bond donors (Lipinski definition) is 0. The lowest BCUT2D eigenvalue weighted by Gasteiger charge is -2.17. The minimum absolute atomic E-state index is 0.0679. The largest absolute Gasteiger partial charge is 0.417 e. The monoisotopic (exact) mass is 780 g/mol. The molecule has 0 saturated heterocycles. The van der Waals surface area contributed by atoms with Crippen molar-refractivity contribution in [2.45, 2.75) is 12.4 Å². The molecule has 11 heteroatoms. The van der Waals surface area contributed by atoms with Gasteiger partial charge in [0.2, 0.25) is 0 Å². The molecule has 0 radical (unpaired) electrons. The maximum absolute atomic E-state index is 15.7. The van der Waals surface area contributed by atoms with Crippen LogP contribution in [0, 0.1) is 5.82 Å². The van der Waals surface area contributed by atoms with E-state index in [1.54, 1.807) is 48.5 Å². The summed E-state index contributed by atoms with van der Waals surface area (Å²) in [6.45, 7) is 0. The second kappa shape index (κ2) is 14.1. The minimum Gasteiger partial charge on any atom is -0.309 e. The molecule has 0 amide bonds. The Bertz CT molecular complexity index is 2930. The van der Waals surface area contributed by atoms with E-state index >= 15 is 4.39 Å². The van der Waals surface area contributed by atoms with Crippen LogP contribution in [-0.2, 0) is 12.4 Å². The molecule has 0 aliphatic rings. The first kappa shape index (κ1) is 36.5. The van der Waals surface area contributed by atoms with Crippen molar-refractivity contribution in [2.24, 2.45) is 0 Å². The van der Waals surface area contributed by atoms with E-state index in [0.717, 1.165) is 22.6 Å². The van der Waals surface area contributed by atoms with E-state index in [4.69, 9.17) is 15.0 Å². The molecule has 0 unspecified atom stereocenters. The third kappa shape index (κ3) is 6.64. The quantitative estimate of drug-likeness (QED) is 0.158. The van der Waals surface area contributed by atoms with Gasteiger partial charge in [-0.2, -0.15) is 26.3 Å². The molecular formula is C47H27F7N4. The van der Waals surface area contributed by atoms with E-state index in [-0.39, 0.29) is 17.5 Å². The summed E-state index contributed by atoms with van der Waals surface area (Å²) in [5.74, 6) is 0.533. The Morgan fingerprint density at radius 1 is 0.397 bits per heavy atom. The van der Waals surface area contributed by atoms with Gasteiger partial charge in [-0.1, -0.05) is 121 Å². The van der Waals surface area contributed by atoms with Crippen molar-refractivity contribution in [1.29, 1.82) is 0 Å². The predicted octanol–water partition coefficient (Wildman–Crippen LogP) is 13.5. The number of para-hydroxylation sites is 1. The van der Waals surface area contributed by atoms with Crippen LogP contribution in [0.25, 0.3) is 83.9 Å². The Hall–Kier alpha value is -7.14. The molecule has 0 atom stereocenters. The number of alkyl halides is 6. The average molecular weight is 781 g/mol. The van der Waals surface area contributed by atoms with Crippen LogP contribution in [-0.4, -0.2) is 19.5 Å². The zero-order valence-electron chi connectivity index (χ0n) is 30.0. The fourth-order valence-corrected chi connectivity index (χ4v) is 7.32. The molecule has 284 valence electrons. The van der Waals surface area contributed by atoms with Gasteiger partial charge in [0.05, 0.1) is 22.2 Å². The topological polar surface area (TPSA) is 43.6 Å². The third-order valence-corrected chi connectivity index (χ3v) is 10.0. The van der Waals surface area contributed by atoms with E-state index in [9.17, 15) is 26.3 Å². The Kier molecular flexibility index (Phi) is 8.88. The summed E-state index contributed by atoms with van der Waals surface area (Å²) in [6, 6.07) is 44.1. The van der Waals surface area contributed by atoms with E-state index < -0.39 is 34.9 Å². The number of aromatic nitrogens is 4. The lowest BCUT2D eigenvalue weighted by Crippen LogP contribution is -2.12. The summed E-state index contributed by atoms with van der Waals surface area (Å²) in [7, 11) is 0. The normalized spacial score (nSPS) is 12.1. The summed E-state index contributed by atoms with van der Waals surface area (Å²) >= 11 is 0.